The highest BCUT2D eigenvalue weighted by Crippen LogP contribution is 2.38. The van der Waals surface area contributed by atoms with Crippen LogP contribution in [-0.2, 0) is 17.9 Å². The van der Waals surface area contributed by atoms with E-state index in [1.54, 1.807) is 0 Å². The first-order valence-electron chi connectivity index (χ1n) is 4.87. The number of alkyl halides is 7. The second-order valence-electron chi connectivity index (χ2n) is 3.45. The van der Waals surface area contributed by atoms with Gasteiger partial charge in [-0.05, 0) is 0 Å². The van der Waals surface area contributed by atoms with E-state index < -0.39 is 47.0 Å². The van der Waals surface area contributed by atoms with Crippen molar-refractivity contribution in [1.29, 1.82) is 5.26 Å². The van der Waals surface area contributed by atoms with Gasteiger partial charge in [0.25, 0.3) is 0 Å². The van der Waals surface area contributed by atoms with Crippen LogP contribution in [0.3, 0.4) is 0 Å². The van der Waals surface area contributed by atoms with Crippen molar-refractivity contribution in [3.8, 4) is 11.8 Å². The molecular formula is C10H5BrF6N2O. The summed E-state index contributed by atoms with van der Waals surface area (Å²) in [6.07, 6.45) is -10.7. The van der Waals surface area contributed by atoms with Gasteiger partial charge < -0.3 is 4.74 Å². The van der Waals surface area contributed by atoms with E-state index in [1.807, 2.05) is 0 Å². The van der Waals surface area contributed by atoms with Crippen LogP contribution in [0.15, 0.2) is 6.07 Å². The molecule has 0 radical (unpaired) electrons. The highest BCUT2D eigenvalue weighted by atomic mass is 79.9. The molecule has 0 atom stereocenters. The molecular weight excluding hydrogens is 358 g/mol. The number of halogens is 7. The van der Waals surface area contributed by atoms with Gasteiger partial charge >= 0.3 is 12.5 Å². The minimum Gasteiger partial charge on any atom is -0.405 e. The van der Waals surface area contributed by atoms with Crippen LogP contribution >= 0.6 is 15.9 Å². The fraction of sp³-hybridized carbons (Fsp3) is 0.400. The third kappa shape index (κ3) is 4.26. The second kappa shape index (κ2) is 5.87. The summed E-state index contributed by atoms with van der Waals surface area (Å²) in [6, 6.07) is 2.18. The number of pyridine rings is 1. The Bertz CT molecular complexity index is 534. The van der Waals surface area contributed by atoms with E-state index in [-0.39, 0.29) is 0 Å². The van der Waals surface area contributed by atoms with Crippen LogP contribution in [-0.4, -0.2) is 11.3 Å². The average Bonchev–Trinajstić information content (AvgIpc) is 2.25. The molecule has 110 valence electrons. The fourth-order valence-electron chi connectivity index (χ4n) is 1.35. The first-order chi connectivity index (χ1) is 9.08. The molecule has 0 saturated carbocycles. The van der Waals surface area contributed by atoms with Crippen molar-refractivity contribution in [2.24, 2.45) is 0 Å². The van der Waals surface area contributed by atoms with Crippen molar-refractivity contribution < 1.29 is 31.1 Å². The molecule has 1 aromatic heterocycles. The number of nitrogens with zero attached hydrogens (tertiary/aromatic N) is 2. The Balaban J connectivity index is 3.47. The van der Waals surface area contributed by atoms with Crippen molar-refractivity contribution in [3.05, 3.63) is 23.0 Å². The van der Waals surface area contributed by atoms with E-state index in [0.29, 0.717) is 6.07 Å². The maximum Gasteiger partial charge on any atom is 0.573 e. The van der Waals surface area contributed by atoms with Crippen LogP contribution in [0.25, 0.3) is 0 Å². The molecule has 0 fully saturated rings. The van der Waals surface area contributed by atoms with Crippen molar-refractivity contribution >= 4 is 15.9 Å². The van der Waals surface area contributed by atoms with Gasteiger partial charge in [0.2, 0.25) is 0 Å². The van der Waals surface area contributed by atoms with Gasteiger partial charge in [0, 0.05) is 17.0 Å². The van der Waals surface area contributed by atoms with Crippen molar-refractivity contribution in [1.82, 2.24) is 4.98 Å². The Morgan fingerprint density at radius 3 is 2.25 bits per heavy atom. The largest absolute Gasteiger partial charge is 0.573 e. The summed E-state index contributed by atoms with van der Waals surface area (Å²) in [6.45, 7) is 0. The fourth-order valence-corrected chi connectivity index (χ4v) is 1.89. The smallest absolute Gasteiger partial charge is 0.405 e. The summed E-state index contributed by atoms with van der Waals surface area (Å²) in [5.74, 6) is -1.03. The molecule has 10 heteroatoms. The van der Waals surface area contributed by atoms with Crippen molar-refractivity contribution in [3.63, 3.8) is 0 Å². The first-order valence-corrected chi connectivity index (χ1v) is 5.99. The molecule has 0 bridgehead atoms. The van der Waals surface area contributed by atoms with Gasteiger partial charge in [-0.3, -0.25) is 0 Å². The lowest BCUT2D eigenvalue weighted by Crippen LogP contribution is -2.21. The second-order valence-corrected chi connectivity index (χ2v) is 4.01. The van der Waals surface area contributed by atoms with Crippen LogP contribution in [0.4, 0.5) is 26.3 Å². The molecule has 0 saturated heterocycles. The monoisotopic (exact) mass is 362 g/mol. The Labute approximate surface area is 117 Å². The van der Waals surface area contributed by atoms with Crippen molar-refractivity contribution in [2.75, 3.05) is 0 Å². The summed E-state index contributed by atoms with van der Waals surface area (Å²) in [5.41, 5.74) is -2.75. The maximum atomic E-state index is 12.8. The molecule has 0 spiro atoms. The Hall–Kier alpha value is -1.50. The Morgan fingerprint density at radius 1 is 1.25 bits per heavy atom. The molecule has 0 aliphatic carbocycles. The minimum absolute atomic E-state index is 0.455. The van der Waals surface area contributed by atoms with Gasteiger partial charge in [0.1, 0.15) is 5.75 Å². The topological polar surface area (TPSA) is 45.9 Å². The molecule has 3 nitrogen and oxygen atoms in total. The Morgan fingerprint density at radius 2 is 1.85 bits per heavy atom. The van der Waals surface area contributed by atoms with Gasteiger partial charge in [-0.1, -0.05) is 15.9 Å². The summed E-state index contributed by atoms with van der Waals surface area (Å²) >= 11 is 2.67. The summed E-state index contributed by atoms with van der Waals surface area (Å²) in [4.78, 5) is 3.17. The third-order valence-electron chi connectivity index (χ3n) is 2.02. The number of ether oxygens (including phenoxy) is 1. The molecule has 1 aromatic rings. The van der Waals surface area contributed by atoms with E-state index in [1.165, 1.54) is 6.07 Å². The minimum atomic E-state index is -5.15. The third-order valence-corrected chi connectivity index (χ3v) is 2.59. The quantitative estimate of drug-likeness (QED) is 0.603. The van der Waals surface area contributed by atoms with E-state index in [4.69, 9.17) is 5.26 Å². The number of aromatic nitrogens is 1. The van der Waals surface area contributed by atoms with E-state index >= 15 is 0 Å². The lowest BCUT2D eigenvalue weighted by molar-refractivity contribution is -0.275. The SMILES string of the molecule is N#CCc1cc(OC(F)(F)F)c(CBr)c(C(F)(F)F)n1. The lowest BCUT2D eigenvalue weighted by atomic mass is 10.1. The highest BCUT2D eigenvalue weighted by Gasteiger charge is 2.39. The van der Waals surface area contributed by atoms with Crippen LogP contribution in [0.1, 0.15) is 17.0 Å². The van der Waals surface area contributed by atoms with Gasteiger partial charge in [-0.15, -0.1) is 13.2 Å². The van der Waals surface area contributed by atoms with Crippen molar-refractivity contribution in [2.45, 2.75) is 24.3 Å². The maximum absolute atomic E-state index is 12.8. The molecule has 0 N–H and O–H groups in total. The van der Waals surface area contributed by atoms with E-state index in [0.717, 1.165) is 0 Å². The standard InChI is InChI=1S/C10H5BrF6N2O/c11-4-6-7(20-10(15,16)17)3-5(1-2-18)19-8(6)9(12,13)14/h3H,1,4H2. The number of hydrogen-bond donors (Lipinski definition) is 0. The van der Waals surface area contributed by atoms with Crippen LogP contribution in [0.2, 0.25) is 0 Å². The zero-order valence-corrected chi connectivity index (χ0v) is 11.0. The molecule has 0 amide bonds. The summed E-state index contributed by atoms with van der Waals surface area (Å²) < 4.78 is 78.5. The predicted octanol–water partition coefficient (Wildman–Crippen LogP) is 3.96. The predicted molar refractivity (Wildman–Crippen MR) is 57.9 cm³/mol. The van der Waals surface area contributed by atoms with Gasteiger partial charge in [0.05, 0.1) is 18.2 Å². The first kappa shape index (κ1) is 16.6. The molecule has 1 rings (SSSR count). The molecule has 0 aromatic carbocycles. The molecule has 20 heavy (non-hydrogen) atoms. The van der Waals surface area contributed by atoms with Crippen LogP contribution < -0.4 is 4.74 Å². The van der Waals surface area contributed by atoms with Crippen LogP contribution in [0, 0.1) is 11.3 Å². The normalized spacial score (nSPS) is 12.1. The summed E-state index contributed by atoms with van der Waals surface area (Å²) in [5, 5.41) is 7.89. The van der Waals surface area contributed by atoms with Gasteiger partial charge in [-0.25, -0.2) is 4.98 Å². The molecule has 1 heterocycles. The zero-order chi connectivity index (χ0) is 15.6. The van der Waals surface area contributed by atoms with Crippen LogP contribution in [0.5, 0.6) is 5.75 Å². The highest BCUT2D eigenvalue weighted by molar-refractivity contribution is 9.08. The van der Waals surface area contributed by atoms with Gasteiger partial charge in [-0.2, -0.15) is 18.4 Å². The molecule has 0 aliphatic heterocycles. The number of nitriles is 1. The molecule has 0 aliphatic rings. The van der Waals surface area contributed by atoms with E-state index in [9.17, 15) is 26.3 Å². The summed E-state index contributed by atoms with van der Waals surface area (Å²) in [7, 11) is 0. The number of rotatable bonds is 3. The number of hydrogen-bond acceptors (Lipinski definition) is 3. The zero-order valence-electron chi connectivity index (χ0n) is 9.44. The lowest BCUT2D eigenvalue weighted by Gasteiger charge is -2.17. The average molecular weight is 363 g/mol. The van der Waals surface area contributed by atoms with E-state index in [2.05, 4.69) is 25.7 Å². The van der Waals surface area contributed by atoms with Gasteiger partial charge in [0.15, 0.2) is 5.69 Å². The Kier molecular flexibility index (Phi) is 4.86. The molecule has 0 unspecified atom stereocenters.